The highest BCUT2D eigenvalue weighted by Gasteiger charge is 2.15. The summed E-state index contributed by atoms with van der Waals surface area (Å²) in [5.74, 6) is 0.708. The molecule has 134 valence electrons. The highest BCUT2D eigenvalue weighted by molar-refractivity contribution is 7.15. The van der Waals surface area contributed by atoms with Gasteiger partial charge in [0.25, 0.3) is 0 Å². The zero-order valence-corrected chi connectivity index (χ0v) is 15.9. The summed E-state index contributed by atoms with van der Waals surface area (Å²) in [7, 11) is 0. The normalized spacial score (nSPS) is 13.2. The van der Waals surface area contributed by atoms with Gasteiger partial charge in [-0.2, -0.15) is 0 Å². The molecule has 1 aliphatic carbocycles. The van der Waals surface area contributed by atoms with Gasteiger partial charge in [-0.25, -0.2) is 4.98 Å². The van der Waals surface area contributed by atoms with Crippen LogP contribution >= 0.6 is 23.7 Å². The van der Waals surface area contributed by atoms with Crippen LogP contribution in [-0.4, -0.2) is 17.5 Å². The first-order chi connectivity index (χ1) is 11.7. The number of aryl methyl sites for hydroxylation is 2. The van der Waals surface area contributed by atoms with E-state index in [1.54, 1.807) is 23.5 Å². The summed E-state index contributed by atoms with van der Waals surface area (Å²) >= 11 is 1.60. The lowest BCUT2D eigenvalue weighted by Crippen LogP contribution is -2.07. The molecule has 0 spiro atoms. The van der Waals surface area contributed by atoms with Gasteiger partial charge in [-0.05, 0) is 55.9 Å². The van der Waals surface area contributed by atoms with Gasteiger partial charge in [0.1, 0.15) is 5.75 Å². The molecule has 0 fully saturated rings. The zero-order chi connectivity index (χ0) is 16.8. The minimum Gasteiger partial charge on any atom is -0.494 e. The van der Waals surface area contributed by atoms with Crippen molar-refractivity contribution in [3.8, 4) is 5.75 Å². The standard InChI is InChI=1S/C19H22N2O2S.ClH/c1-2-13-23-15-10-7-14(8-11-15)9-12-18(22)21-19-20-16-5-3-4-6-17(16)24-19;/h7-12H,2-6,13H2,1H3,(H,20,21,22);1H/b12-9+;. The number of nitrogens with one attached hydrogen (secondary N) is 1. The van der Waals surface area contributed by atoms with E-state index >= 15 is 0 Å². The summed E-state index contributed by atoms with van der Waals surface area (Å²) in [4.78, 5) is 17.9. The van der Waals surface area contributed by atoms with E-state index in [0.29, 0.717) is 5.13 Å². The average molecular weight is 379 g/mol. The molecule has 0 radical (unpaired) electrons. The van der Waals surface area contributed by atoms with Crippen LogP contribution < -0.4 is 10.1 Å². The monoisotopic (exact) mass is 378 g/mol. The Labute approximate surface area is 158 Å². The van der Waals surface area contributed by atoms with Crippen LogP contribution in [0.1, 0.15) is 42.3 Å². The number of benzene rings is 1. The highest BCUT2D eigenvalue weighted by atomic mass is 35.5. The van der Waals surface area contributed by atoms with E-state index in [9.17, 15) is 4.79 Å². The predicted octanol–water partition coefficient (Wildman–Crippen LogP) is 4.88. The summed E-state index contributed by atoms with van der Waals surface area (Å²) in [5.41, 5.74) is 2.13. The third-order valence-electron chi connectivity index (χ3n) is 3.86. The fraction of sp³-hybridized carbons (Fsp3) is 0.368. The lowest BCUT2D eigenvalue weighted by atomic mass is 10.0. The smallest absolute Gasteiger partial charge is 0.250 e. The fourth-order valence-corrected chi connectivity index (χ4v) is 3.67. The molecule has 1 amide bonds. The Hall–Kier alpha value is -1.85. The number of carbonyl (C=O) groups is 1. The van der Waals surface area contributed by atoms with Crippen LogP contribution in [0.2, 0.25) is 0 Å². The van der Waals surface area contributed by atoms with E-state index in [0.717, 1.165) is 42.9 Å². The number of amides is 1. The molecule has 1 aromatic carbocycles. The van der Waals surface area contributed by atoms with E-state index in [1.807, 2.05) is 24.3 Å². The number of ether oxygens (including phenoxy) is 1. The molecule has 2 aromatic rings. The SMILES string of the molecule is CCCOc1ccc(/C=C/C(=O)Nc2nc3c(s2)CCCC3)cc1.Cl. The van der Waals surface area contributed by atoms with Crippen molar-refractivity contribution in [1.29, 1.82) is 0 Å². The lowest BCUT2D eigenvalue weighted by Gasteiger charge is -2.06. The van der Waals surface area contributed by atoms with Gasteiger partial charge in [-0.1, -0.05) is 19.1 Å². The van der Waals surface area contributed by atoms with E-state index in [1.165, 1.54) is 17.7 Å². The van der Waals surface area contributed by atoms with Gasteiger partial charge in [0.2, 0.25) is 5.91 Å². The molecular weight excluding hydrogens is 356 g/mol. The minimum absolute atomic E-state index is 0. The largest absolute Gasteiger partial charge is 0.494 e. The number of hydrogen-bond donors (Lipinski definition) is 1. The van der Waals surface area contributed by atoms with Gasteiger partial charge < -0.3 is 4.74 Å². The molecule has 6 heteroatoms. The summed E-state index contributed by atoms with van der Waals surface area (Å²) < 4.78 is 5.54. The Morgan fingerprint density at radius 1 is 1.28 bits per heavy atom. The first-order valence-corrected chi connectivity index (χ1v) is 9.27. The molecule has 1 N–H and O–H groups in total. The molecule has 1 aromatic heterocycles. The Morgan fingerprint density at radius 2 is 2.04 bits per heavy atom. The second-order valence-electron chi connectivity index (χ2n) is 5.84. The molecule has 0 bridgehead atoms. The van der Waals surface area contributed by atoms with Gasteiger partial charge in [0, 0.05) is 11.0 Å². The van der Waals surface area contributed by atoms with Crippen LogP contribution in [0.15, 0.2) is 30.3 Å². The number of nitrogens with zero attached hydrogens (tertiary/aromatic N) is 1. The Morgan fingerprint density at radius 3 is 2.76 bits per heavy atom. The molecular formula is C19H23ClN2O2S. The number of anilines is 1. The maximum Gasteiger partial charge on any atom is 0.250 e. The van der Waals surface area contributed by atoms with E-state index in [4.69, 9.17) is 4.74 Å². The average Bonchev–Trinajstić information content (AvgIpc) is 3.01. The van der Waals surface area contributed by atoms with Gasteiger partial charge in [0.05, 0.1) is 12.3 Å². The third kappa shape index (κ3) is 5.58. The summed E-state index contributed by atoms with van der Waals surface area (Å²) in [6.45, 7) is 2.80. The fourth-order valence-electron chi connectivity index (χ4n) is 2.62. The minimum atomic E-state index is -0.146. The Kier molecular flexibility index (Phi) is 7.47. The number of hydrogen-bond acceptors (Lipinski definition) is 4. The van der Waals surface area contributed by atoms with E-state index < -0.39 is 0 Å². The van der Waals surface area contributed by atoms with Gasteiger partial charge >= 0.3 is 0 Å². The zero-order valence-electron chi connectivity index (χ0n) is 14.3. The van der Waals surface area contributed by atoms with Crippen molar-refractivity contribution < 1.29 is 9.53 Å². The van der Waals surface area contributed by atoms with Crippen molar-refractivity contribution >= 4 is 40.9 Å². The maximum atomic E-state index is 12.1. The molecule has 1 heterocycles. The molecule has 4 nitrogen and oxygen atoms in total. The number of halogens is 1. The second-order valence-corrected chi connectivity index (χ2v) is 6.92. The molecule has 1 aliphatic rings. The molecule has 0 unspecified atom stereocenters. The van der Waals surface area contributed by atoms with Crippen molar-refractivity contribution in [3.63, 3.8) is 0 Å². The number of fused-ring (bicyclic) bond motifs is 1. The van der Waals surface area contributed by atoms with Crippen LogP contribution in [0.4, 0.5) is 5.13 Å². The third-order valence-corrected chi connectivity index (χ3v) is 4.93. The Balaban J connectivity index is 0.00000225. The van der Waals surface area contributed by atoms with Crippen LogP contribution in [0, 0.1) is 0 Å². The molecule has 3 rings (SSSR count). The molecule has 0 saturated carbocycles. The number of rotatable bonds is 6. The first kappa shape index (κ1) is 19.5. The van der Waals surface area contributed by atoms with Crippen LogP contribution in [0.25, 0.3) is 6.08 Å². The van der Waals surface area contributed by atoms with Crippen molar-refractivity contribution in [2.24, 2.45) is 0 Å². The van der Waals surface area contributed by atoms with Crippen molar-refractivity contribution in [3.05, 3.63) is 46.5 Å². The van der Waals surface area contributed by atoms with Crippen LogP contribution in [0.5, 0.6) is 5.75 Å². The van der Waals surface area contributed by atoms with Crippen molar-refractivity contribution in [2.75, 3.05) is 11.9 Å². The number of aromatic nitrogens is 1. The topological polar surface area (TPSA) is 51.2 Å². The van der Waals surface area contributed by atoms with Crippen molar-refractivity contribution in [2.45, 2.75) is 39.0 Å². The molecule has 25 heavy (non-hydrogen) atoms. The summed E-state index contributed by atoms with van der Waals surface area (Å²) in [5, 5.41) is 3.57. The maximum absolute atomic E-state index is 12.1. The second kappa shape index (κ2) is 9.59. The summed E-state index contributed by atoms with van der Waals surface area (Å²) in [6, 6.07) is 7.72. The molecule has 0 saturated heterocycles. The van der Waals surface area contributed by atoms with Crippen LogP contribution in [0.3, 0.4) is 0 Å². The number of carbonyl (C=O) groups excluding carboxylic acids is 1. The summed E-state index contributed by atoms with van der Waals surface area (Å²) in [6.07, 6.45) is 8.87. The lowest BCUT2D eigenvalue weighted by molar-refractivity contribution is -0.111. The van der Waals surface area contributed by atoms with Crippen LogP contribution in [-0.2, 0) is 17.6 Å². The van der Waals surface area contributed by atoms with E-state index in [-0.39, 0.29) is 18.3 Å². The predicted molar refractivity (Wildman–Crippen MR) is 106 cm³/mol. The van der Waals surface area contributed by atoms with Gasteiger partial charge in [-0.15, -0.1) is 23.7 Å². The van der Waals surface area contributed by atoms with Gasteiger partial charge in [-0.3, -0.25) is 10.1 Å². The number of thiazole rings is 1. The quantitative estimate of drug-likeness (QED) is 0.728. The molecule has 0 aliphatic heterocycles. The van der Waals surface area contributed by atoms with E-state index in [2.05, 4.69) is 17.2 Å². The van der Waals surface area contributed by atoms with Crippen molar-refractivity contribution in [1.82, 2.24) is 4.98 Å². The van der Waals surface area contributed by atoms with Gasteiger partial charge in [0.15, 0.2) is 5.13 Å². The highest BCUT2D eigenvalue weighted by Crippen LogP contribution is 2.29. The first-order valence-electron chi connectivity index (χ1n) is 8.45. The molecule has 0 atom stereocenters. The Bertz CT molecular complexity index is 702.